The van der Waals surface area contributed by atoms with Gasteiger partial charge < -0.3 is 15.0 Å². The van der Waals surface area contributed by atoms with Crippen molar-refractivity contribution in [2.24, 2.45) is 0 Å². The molecular weight excluding hydrogens is 252 g/mol. The van der Waals surface area contributed by atoms with Gasteiger partial charge in [-0.25, -0.2) is 0 Å². The van der Waals surface area contributed by atoms with Gasteiger partial charge in [-0.05, 0) is 57.0 Å². The molecule has 1 amide bonds. The number of amides is 1. The lowest BCUT2D eigenvalue weighted by Gasteiger charge is -2.19. The highest BCUT2D eigenvalue weighted by molar-refractivity contribution is 5.77. The molecule has 0 heterocycles. The van der Waals surface area contributed by atoms with Crippen molar-refractivity contribution in [3.8, 4) is 5.75 Å². The molecule has 1 aliphatic rings. The molecule has 0 radical (unpaired) electrons. The van der Waals surface area contributed by atoms with Crippen LogP contribution in [0.4, 0.5) is 0 Å². The summed E-state index contributed by atoms with van der Waals surface area (Å²) in [6, 6.07) is 6.60. The second-order valence-corrected chi connectivity index (χ2v) is 5.10. The van der Waals surface area contributed by atoms with E-state index in [0.29, 0.717) is 6.04 Å². The molecule has 1 aliphatic carbocycles. The summed E-state index contributed by atoms with van der Waals surface area (Å²) in [6.45, 7) is 5.54. The van der Waals surface area contributed by atoms with Crippen molar-refractivity contribution in [3.63, 3.8) is 0 Å². The van der Waals surface area contributed by atoms with Gasteiger partial charge in [-0.2, -0.15) is 0 Å². The molecule has 20 heavy (non-hydrogen) atoms. The summed E-state index contributed by atoms with van der Waals surface area (Å²) < 4.78 is 5.63. The Kier molecular flexibility index (Phi) is 5.01. The Morgan fingerprint density at radius 1 is 1.40 bits per heavy atom. The van der Waals surface area contributed by atoms with Crippen LogP contribution in [-0.4, -0.2) is 37.6 Å². The minimum atomic E-state index is 0.0450. The Hall–Kier alpha value is -1.55. The molecule has 1 unspecified atom stereocenters. The van der Waals surface area contributed by atoms with Gasteiger partial charge in [0.1, 0.15) is 5.75 Å². The van der Waals surface area contributed by atoms with Gasteiger partial charge in [-0.1, -0.05) is 6.07 Å². The minimum absolute atomic E-state index is 0.0450. The Morgan fingerprint density at radius 2 is 2.15 bits per heavy atom. The number of nitrogens with one attached hydrogen (secondary N) is 1. The number of nitrogens with zero attached hydrogens (tertiary/aromatic N) is 1. The molecule has 2 rings (SSSR count). The summed E-state index contributed by atoms with van der Waals surface area (Å²) in [7, 11) is 1.99. The molecule has 0 aromatic heterocycles. The lowest BCUT2D eigenvalue weighted by molar-refractivity contribution is -0.132. The number of benzene rings is 1. The molecule has 110 valence electrons. The number of likely N-dealkylation sites (N-methyl/N-ethyl adjacent to an activating group) is 1. The lowest BCUT2D eigenvalue weighted by Crippen LogP contribution is -2.34. The van der Waals surface area contributed by atoms with E-state index in [-0.39, 0.29) is 12.5 Å². The van der Waals surface area contributed by atoms with Gasteiger partial charge >= 0.3 is 0 Å². The summed E-state index contributed by atoms with van der Waals surface area (Å²) in [5, 5.41) is 3.32. The maximum atomic E-state index is 11.9. The van der Waals surface area contributed by atoms with Crippen molar-refractivity contribution in [1.29, 1.82) is 0 Å². The lowest BCUT2D eigenvalue weighted by atomic mass is 10.1. The summed E-state index contributed by atoms with van der Waals surface area (Å²) in [6.07, 6.45) is 2.20. The third kappa shape index (κ3) is 3.12. The zero-order valence-electron chi connectivity index (χ0n) is 12.6. The predicted molar refractivity (Wildman–Crippen MR) is 80.0 cm³/mol. The number of rotatable bonds is 6. The summed E-state index contributed by atoms with van der Waals surface area (Å²) in [5.74, 6) is 0.838. The van der Waals surface area contributed by atoms with Crippen LogP contribution in [0.2, 0.25) is 0 Å². The van der Waals surface area contributed by atoms with Crippen LogP contribution in [0, 0.1) is 0 Å². The molecule has 1 N–H and O–H groups in total. The monoisotopic (exact) mass is 276 g/mol. The number of carbonyl (C=O) groups excluding carboxylic acids is 1. The van der Waals surface area contributed by atoms with Crippen LogP contribution in [0.5, 0.6) is 5.75 Å². The van der Waals surface area contributed by atoms with Crippen LogP contribution in [0.1, 0.15) is 37.4 Å². The van der Waals surface area contributed by atoms with E-state index in [1.807, 2.05) is 27.0 Å². The zero-order chi connectivity index (χ0) is 14.5. The van der Waals surface area contributed by atoms with Crippen molar-refractivity contribution in [3.05, 3.63) is 29.3 Å². The third-order valence-corrected chi connectivity index (χ3v) is 4.02. The first-order valence-electron chi connectivity index (χ1n) is 7.40. The van der Waals surface area contributed by atoms with Crippen molar-refractivity contribution >= 4 is 5.91 Å². The topological polar surface area (TPSA) is 41.6 Å². The van der Waals surface area contributed by atoms with E-state index in [0.717, 1.165) is 31.7 Å². The van der Waals surface area contributed by atoms with Gasteiger partial charge in [-0.3, -0.25) is 4.79 Å². The summed E-state index contributed by atoms with van der Waals surface area (Å²) in [4.78, 5) is 13.7. The smallest absolute Gasteiger partial charge is 0.260 e. The normalized spacial score (nSPS) is 16.9. The molecule has 4 heteroatoms. The van der Waals surface area contributed by atoms with Crippen LogP contribution < -0.4 is 10.1 Å². The number of ether oxygens (including phenoxy) is 1. The highest BCUT2D eigenvalue weighted by Gasteiger charge is 2.21. The Bertz CT molecular complexity index is 470. The second kappa shape index (κ2) is 6.75. The van der Waals surface area contributed by atoms with Gasteiger partial charge in [0.05, 0.1) is 0 Å². The molecule has 1 aromatic rings. The van der Waals surface area contributed by atoms with Gasteiger partial charge in [0.15, 0.2) is 6.61 Å². The number of aryl methyl sites for hydroxylation is 1. The molecule has 0 spiro atoms. The molecule has 0 saturated heterocycles. The quantitative estimate of drug-likeness (QED) is 0.865. The van der Waals surface area contributed by atoms with Crippen LogP contribution in [0.3, 0.4) is 0 Å². The van der Waals surface area contributed by atoms with Crippen molar-refractivity contribution in [2.75, 3.05) is 26.7 Å². The SMILES string of the molecule is CCN(CC)C(=O)COc1ccc2c(c1)CCC2NC. The van der Waals surface area contributed by atoms with Crippen molar-refractivity contribution in [2.45, 2.75) is 32.7 Å². The number of hydrogen-bond acceptors (Lipinski definition) is 3. The predicted octanol–water partition coefficient (Wildman–Crippen LogP) is 2.14. The highest BCUT2D eigenvalue weighted by atomic mass is 16.5. The summed E-state index contributed by atoms with van der Waals surface area (Å²) >= 11 is 0. The standard InChI is InChI=1S/C16H24N2O2/c1-4-18(5-2)16(19)11-20-13-7-8-14-12(10-13)6-9-15(14)17-3/h7-8,10,15,17H,4-6,9,11H2,1-3H3. The average molecular weight is 276 g/mol. The Morgan fingerprint density at radius 3 is 2.80 bits per heavy atom. The maximum Gasteiger partial charge on any atom is 0.260 e. The Balaban J connectivity index is 1.97. The minimum Gasteiger partial charge on any atom is -0.484 e. The average Bonchev–Trinajstić information content (AvgIpc) is 2.88. The van der Waals surface area contributed by atoms with Gasteiger partial charge in [-0.15, -0.1) is 0 Å². The van der Waals surface area contributed by atoms with Gasteiger partial charge in [0, 0.05) is 19.1 Å². The molecule has 0 fully saturated rings. The number of carbonyl (C=O) groups is 1. The zero-order valence-corrected chi connectivity index (χ0v) is 12.6. The van der Waals surface area contributed by atoms with Crippen LogP contribution in [0.25, 0.3) is 0 Å². The largest absolute Gasteiger partial charge is 0.484 e. The van der Waals surface area contributed by atoms with E-state index in [1.54, 1.807) is 4.90 Å². The number of hydrogen-bond donors (Lipinski definition) is 1. The first-order valence-corrected chi connectivity index (χ1v) is 7.40. The molecule has 1 atom stereocenters. The fourth-order valence-electron chi connectivity index (χ4n) is 2.80. The van der Waals surface area contributed by atoms with Crippen LogP contribution >= 0.6 is 0 Å². The van der Waals surface area contributed by atoms with Crippen molar-refractivity contribution in [1.82, 2.24) is 10.2 Å². The first kappa shape index (κ1) is 14.9. The molecule has 1 aromatic carbocycles. The number of fused-ring (bicyclic) bond motifs is 1. The fourth-order valence-corrected chi connectivity index (χ4v) is 2.80. The highest BCUT2D eigenvalue weighted by Crippen LogP contribution is 2.33. The second-order valence-electron chi connectivity index (χ2n) is 5.10. The molecular formula is C16H24N2O2. The van der Waals surface area contributed by atoms with E-state index >= 15 is 0 Å². The molecule has 0 bridgehead atoms. The van der Waals surface area contributed by atoms with E-state index in [9.17, 15) is 4.79 Å². The first-order chi connectivity index (χ1) is 9.69. The van der Waals surface area contributed by atoms with Gasteiger partial charge in [0.2, 0.25) is 0 Å². The molecule has 0 aliphatic heterocycles. The van der Waals surface area contributed by atoms with Crippen molar-refractivity contribution < 1.29 is 9.53 Å². The summed E-state index contributed by atoms with van der Waals surface area (Å²) in [5.41, 5.74) is 2.69. The van der Waals surface area contributed by atoms with Crippen LogP contribution in [-0.2, 0) is 11.2 Å². The Labute approximate surface area is 121 Å². The van der Waals surface area contributed by atoms with E-state index in [4.69, 9.17) is 4.74 Å². The van der Waals surface area contributed by atoms with E-state index in [2.05, 4.69) is 17.4 Å². The van der Waals surface area contributed by atoms with E-state index < -0.39 is 0 Å². The maximum absolute atomic E-state index is 11.9. The molecule has 4 nitrogen and oxygen atoms in total. The fraction of sp³-hybridized carbons (Fsp3) is 0.562. The van der Waals surface area contributed by atoms with Gasteiger partial charge in [0.25, 0.3) is 5.91 Å². The third-order valence-electron chi connectivity index (χ3n) is 4.02. The van der Waals surface area contributed by atoms with Crippen LogP contribution in [0.15, 0.2) is 18.2 Å². The molecule has 0 saturated carbocycles. The van der Waals surface area contributed by atoms with E-state index in [1.165, 1.54) is 11.1 Å².